The lowest BCUT2D eigenvalue weighted by Gasteiger charge is -2.05. The van der Waals surface area contributed by atoms with Gasteiger partial charge in [-0.3, -0.25) is 4.79 Å². The molecule has 1 heterocycles. The van der Waals surface area contributed by atoms with Crippen molar-refractivity contribution in [1.29, 1.82) is 0 Å². The molecule has 0 aliphatic carbocycles. The number of ether oxygens (including phenoxy) is 1. The van der Waals surface area contributed by atoms with Crippen molar-refractivity contribution >= 4 is 39.5 Å². The molecule has 1 amide bonds. The van der Waals surface area contributed by atoms with Crippen LogP contribution in [0.3, 0.4) is 0 Å². The van der Waals surface area contributed by atoms with Crippen LogP contribution in [-0.4, -0.2) is 29.5 Å². The predicted molar refractivity (Wildman–Crippen MR) is 96.2 cm³/mol. The summed E-state index contributed by atoms with van der Waals surface area (Å²) in [4.78, 5) is 12.0. The topological polar surface area (TPSA) is 83.3 Å². The van der Waals surface area contributed by atoms with Gasteiger partial charge in [0.05, 0.1) is 18.5 Å². The number of hydrogen-bond acceptors (Lipinski definition) is 5. The number of fused-ring (bicyclic) bond motifs is 1. The molecule has 1 aliphatic rings. The number of aromatic hydroxyl groups is 1. The van der Waals surface area contributed by atoms with E-state index in [1.165, 1.54) is 12.3 Å². The monoisotopic (exact) mass is 387 g/mol. The number of anilines is 1. The molecule has 0 saturated carbocycles. The van der Waals surface area contributed by atoms with Gasteiger partial charge in [-0.05, 0) is 48.9 Å². The maximum absolute atomic E-state index is 12.0. The first-order valence-corrected chi connectivity index (χ1v) is 8.06. The Morgan fingerprint density at radius 3 is 2.92 bits per heavy atom. The Bertz CT molecular complexity index is 862. The second kappa shape index (κ2) is 6.84. The average molecular weight is 388 g/mol. The number of phenols is 1. The van der Waals surface area contributed by atoms with Crippen molar-refractivity contribution in [2.24, 2.45) is 10.2 Å². The van der Waals surface area contributed by atoms with Crippen LogP contribution in [0.25, 0.3) is 0 Å². The Labute approximate surface area is 147 Å². The van der Waals surface area contributed by atoms with Gasteiger partial charge in [0.1, 0.15) is 0 Å². The van der Waals surface area contributed by atoms with Crippen molar-refractivity contribution < 1.29 is 14.6 Å². The largest absolute Gasteiger partial charge is 0.504 e. The number of carbonyl (C=O) groups is 1. The number of nitrogens with one attached hydrogen (secondary N) is 1. The molecule has 0 fully saturated rings. The van der Waals surface area contributed by atoms with E-state index in [9.17, 15) is 9.90 Å². The number of nitrogens with zero attached hydrogens (tertiary/aromatic N) is 2. The Morgan fingerprint density at radius 2 is 2.12 bits per heavy atom. The normalized spacial score (nSPS) is 14.9. The molecule has 0 atom stereocenters. The van der Waals surface area contributed by atoms with Crippen LogP contribution in [0.1, 0.15) is 18.1 Å². The molecule has 0 spiro atoms. The van der Waals surface area contributed by atoms with Gasteiger partial charge in [-0.15, -0.1) is 5.10 Å². The van der Waals surface area contributed by atoms with Crippen molar-refractivity contribution in [3.8, 4) is 11.5 Å². The van der Waals surface area contributed by atoms with Crippen LogP contribution in [0.4, 0.5) is 5.69 Å². The van der Waals surface area contributed by atoms with Crippen LogP contribution >= 0.6 is 15.9 Å². The van der Waals surface area contributed by atoms with E-state index < -0.39 is 0 Å². The molecule has 0 aromatic heterocycles. The van der Waals surface area contributed by atoms with Crippen LogP contribution in [0.2, 0.25) is 0 Å². The standard InChI is InChI=1S/C17H14BrN3O3/c1-2-24-15-7-10(3-6-14(15)22)9-19-21-16-12-8-11(18)4-5-13(12)20-17(16)23/h3-9,22H,2H2,1H3,(H,20,21,23)/b19-9+. The minimum Gasteiger partial charge on any atom is -0.504 e. The second-order valence-electron chi connectivity index (χ2n) is 5.00. The van der Waals surface area contributed by atoms with Gasteiger partial charge in [-0.25, -0.2) is 0 Å². The summed E-state index contributed by atoms with van der Waals surface area (Å²) < 4.78 is 6.17. The van der Waals surface area contributed by atoms with Crippen LogP contribution in [-0.2, 0) is 4.79 Å². The van der Waals surface area contributed by atoms with E-state index in [4.69, 9.17) is 4.74 Å². The van der Waals surface area contributed by atoms with Gasteiger partial charge < -0.3 is 15.2 Å². The minimum absolute atomic E-state index is 0.0641. The minimum atomic E-state index is -0.291. The molecular formula is C17H14BrN3O3. The average Bonchev–Trinajstić information content (AvgIpc) is 2.86. The number of phenolic OH excluding ortho intramolecular Hbond substituents is 1. The first kappa shape index (κ1) is 16.2. The fraction of sp³-hybridized carbons (Fsp3) is 0.118. The summed E-state index contributed by atoms with van der Waals surface area (Å²) in [5.74, 6) is 0.150. The lowest BCUT2D eigenvalue weighted by molar-refractivity contribution is -0.110. The Morgan fingerprint density at radius 1 is 1.29 bits per heavy atom. The van der Waals surface area contributed by atoms with E-state index >= 15 is 0 Å². The third-order valence-electron chi connectivity index (χ3n) is 3.35. The van der Waals surface area contributed by atoms with Crippen LogP contribution in [0.15, 0.2) is 51.1 Å². The molecular weight excluding hydrogens is 374 g/mol. The fourth-order valence-corrected chi connectivity index (χ4v) is 2.62. The summed E-state index contributed by atoms with van der Waals surface area (Å²) >= 11 is 3.38. The Kier molecular flexibility index (Phi) is 4.61. The summed E-state index contributed by atoms with van der Waals surface area (Å²) in [5.41, 5.74) is 2.37. The summed E-state index contributed by atoms with van der Waals surface area (Å²) in [6.07, 6.45) is 1.50. The van der Waals surface area contributed by atoms with Gasteiger partial charge in [0.2, 0.25) is 0 Å². The molecule has 3 rings (SSSR count). The first-order valence-electron chi connectivity index (χ1n) is 7.26. The number of benzene rings is 2. The number of halogens is 1. The molecule has 0 saturated heterocycles. The summed E-state index contributed by atoms with van der Waals surface area (Å²) in [7, 11) is 0. The third kappa shape index (κ3) is 3.30. The molecule has 0 radical (unpaired) electrons. The van der Waals surface area contributed by atoms with E-state index in [0.29, 0.717) is 29.2 Å². The highest BCUT2D eigenvalue weighted by molar-refractivity contribution is 9.10. The summed E-state index contributed by atoms with van der Waals surface area (Å²) in [6.45, 7) is 2.28. The Hall–Kier alpha value is -2.67. The first-order chi connectivity index (χ1) is 11.6. The summed E-state index contributed by atoms with van der Waals surface area (Å²) in [6, 6.07) is 10.3. The molecule has 2 aromatic rings. The van der Waals surface area contributed by atoms with E-state index in [1.807, 2.05) is 19.1 Å². The molecule has 122 valence electrons. The zero-order valence-corrected chi connectivity index (χ0v) is 14.4. The molecule has 7 heteroatoms. The van der Waals surface area contributed by atoms with Gasteiger partial charge >= 0.3 is 0 Å². The quantitative estimate of drug-likeness (QED) is 0.623. The van der Waals surface area contributed by atoms with Crippen LogP contribution < -0.4 is 10.1 Å². The number of amides is 1. The van der Waals surface area contributed by atoms with Gasteiger partial charge in [-0.1, -0.05) is 15.9 Å². The van der Waals surface area contributed by atoms with E-state index in [-0.39, 0.29) is 17.4 Å². The van der Waals surface area contributed by atoms with Crippen molar-refractivity contribution in [2.45, 2.75) is 6.92 Å². The maximum Gasteiger partial charge on any atom is 0.276 e. The molecule has 0 unspecified atom stereocenters. The van der Waals surface area contributed by atoms with Gasteiger partial charge in [0, 0.05) is 10.0 Å². The number of hydrogen-bond donors (Lipinski definition) is 2. The highest BCUT2D eigenvalue weighted by atomic mass is 79.9. The van der Waals surface area contributed by atoms with E-state index in [1.54, 1.807) is 18.2 Å². The van der Waals surface area contributed by atoms with Gasteiger partial charge in [-0.2, -0.15) is 5.10 Å². The maximum atomic E-state index is 12.0. The lowest BCUT2D eigenvalue weighted by Crippen LogP contribution is -2.13. The zero-order valence-electron chi connectivity index (χ0n) is 12.8. The lowest BCUT2D eigenvalue weighted by atomic mass is 10.1. The van der Waals surface area contributed by atoms with Crippen molar-refractivity contribution in [2.75, 3.05) is 11.9 Å². The third-order valence-corrected chi connectivity index (χ3v) is 3.84. The highest BCUT2D eigenvalue weighted by Gasteiger charge is 2.26. The molecule has 0 bridgehead atoms. The molecule has 2 N–H and O–H groups in total. The smallest absolute Gasteiger partial charge is 0.276 e. The van der Waals surface area contributed by atoms with E-state index in [0.717, 1.165) is 4.47 Å². The van der Waals surface area contributed by atoms with Gasteiger partial charge in [0.25, 0.3) is 5.91 Å². The van der Waals surface area contributed by atoms with Crippen molar-refractivity contribution in [3.63, 3.8) is 0 Å². The Balaban J connectivity index is 1.86. The van der Waals surface area contributed by atoms with Crippen LogP contribution in [0.5, 0.6) is 11.5 Å². The van der Waals surface area contributed by atoms with Gasteiger partial charge in [0.15, 0.2) is 17.2 Å². The molecule has 6 nitrogen and oxygen atoms in total. The van der Waals surface area contributed by atoms with Crippen molar-refractivity contribution in [1.82, 2.24) is 0 Å². The number of rotatable bonds is 4. The molecule has 1 aliphatic heterocycles. The van der Waals surface area contributed by atoms with E-state index in [2.05, 4.69) is 31.4 Å². The number of carbonyl (C=O) groups excluding carboxylic acids is 1. The fourth-order valence-electron chi connectivity index (χ4n) is 2.26. The molecule has 24 heavy (non-hydrogen) atoms. The summed E-state index contributed by atoms with van der Waals surface area (Å²) in [5, 5.41) is 20.4. The van der Waals surface area contributed by atoms with Crippen LogP contribution in [0, 0.1) is 0 Å². The molecule has 2 aromatic carbocycles. The highest BCUT2D eigenvalue weighted by Crippen LogP contribution is 2.27. The zero-order chi connectivity index (χ0) is 17.1. The predicted octanol–water partition coefficient (Wildman–Crippen LogP) is 3.33. The second-order valence-corrected chi connectivity index (χ2v) is 5.91. The van der Waals surface area contributed by atoms with Crippen molar-refractivity contribution in [3.05, 3.63) is 52.0 Å². The SMILES string of the molecule is CCOc1cc(/C=N/N=C2/C(=O)Nc3ccc(Br)cc32)ccc1O.